The van der Waals surface area contributed by atoms with Crippen LogP contribution in [0.2, 0.25) is 0 Å². The summed E-state index contributed by atoms with van der Waals surface area (Å²) in [7, 11) is 0. The number of anilines is 1. The quantitative estimate of drug-likeness (QED) is 0.412. The summed E-state index contributed by atoms with van der Waals surface area (Å²) in [5.74, 6) is -0.407. The molecular weight excluding hydrogens is 510 g/mol. The number of aromatic nitrogens is 4. The van der Waals surface area contributed by atoms with E-state index in [1.165, 1.54) is 11.9 Å². The summed E-state index contributed by atoms with van der Waals surface area (Å²) >= 11 is 0. The zero-order valence-electron chi connectivity index (χ0n) is 24.3. The average molecular weight is 552 g/mol. The Hall–Kier alpha value is -3.12. The van der Waals surface area contributed by atoms with E-state index in [-0.39, 0.29) is 29.6 Å². The highest BCUT2D eigenvalue weighted by Crippen LogP contribution is 2.44. The van der Waals surface area contributed by atoms with Crippen molar-refractivity contribution in [1.82, 2.24) is 29.7 Å². The van der Waals surface area contributed by atoms with Gasteiger partial charge in [0.25, 0.3) is 0 Å². The third kappa shape index (κ3) is 5.97. The molecule has 2 saturated heterocycles. The number of nitrogens with two attached hydrogens (primary N) is 1. The molecule has 1 amide bonds. The average Bonchev–Trinajstić information content (AvgIpc) is 3.55. The molecule has 11 nitrogen and oxygen atoms in total. The zero-order chi connectivity index (χ0) is 28.7. The lowest BCUT2D eigenvalue weighted by atomic mass is 9.86. The molecule has 0 unspecified atom stereocenters. The third-order valence-corrected chi connectivity index (χ3v) is 7.61. The summed E-state index contributed by atoms with van der Waals surface area (Å²) in [6, 6.07) is 8.29. The molecule has 3 aromatic rings. The molecule has 2 fully saturated rings. The van der Waals surface area contributed by atoms with Gasteiger partial charge in [0.05, 0.1) is 12.7 Å². The number of hydrogen-bond acceptors (Lipinski definition) is 9. The van der Waals surface area contributed by atoms with Gasteiger partial charge in [-0.05, 0) is 36.9 Å². The monoisotopic (exact) mass is 551 g/mol. The van der Waals surface area contributed by atoms with E-state index in [1.807, 2.05) is 30.5 Å². The lowest BCUT2D eigenvalue weighted by Crippen LogP contribution is -2.43. The molecule has 2 aromatic heterocycles. The first-order chi connectivity index (χ1) is 18.9. The molecule has 1 aromatic carbocycles. The topological polar surface area (TPSA) is 130 Å². The van der Waals surface area contributed by atoms with E-state index in [0.29, 0.717) is 43.0 Å². The number of nitrogen functional groups attached to an aromatic ring is 1. The number of likely N-dealkylation sites (N-methyl/N-ethyl adjacent to an activating group) is 1. The van der Waals surface area contributed by atoms with Gasteiger partial charge in [0, 0.05) is 19.6 Å². The van der Waals surface area contributed by atoms with Gasteiger partial charge in [-0.15, -0.1) is 0 Å². The van der Waals surface area contributed by atoms with Crippen molar-refractivity contribution in [3.8, 4) is 0 Å². The molecule has 40 heavy (non-hydrogen) atoms. The number of benzene rings is 1. The Morgan fingerprint density at radius 1 is 1.12 bits per heavy atom. The van der Waals surface area contributed by atoms with Crippen LogP contribution in [-0.2, 0) is 30.8 Å². The number of hydrogen-bond donors (Lipinski definition) is 2. The number of fused-ring (bicyclic) bond motifs is 2. The first-order valence-electron chi connectivity index (χ1n) is 14.0. The van der Waals surface area contributed by atoms with E-state index in [2.05, 4.69) is 65.0 Å². The van der Waals surface area contributed by atoms with Crippen LogP contribution in [0.3, 0.4) is 0 Å². The molecular formula is C29H41N7O4. The summed E-state index contributed by atoms with van der Waals surface area (Å²) in [4.78, 5) is 27.7. The molecule has 0 bridgehead atoms. The number of ether oxygens (including phenoxy) is 3. The molecule has 2 aliphatic heterocycles. The van der Waals surface area contributed by atoms with Crippen molar-refractivity contribution in [2.75, 3.05) is 31.9 Å². The number of carbonyl (C=O) groups excluding carboxylic acids is 1. The minimum absolute atomic E-state index is 0.0133. The third-order valence-electron chi connectivity index (χ3n) is 7.61. The van der Waals surface area contributed by atoms with Crippen molar-refractivity contribution in [3.05, 3.63) is 48.0 Å². The number of imidazole rings is 1. The summed E-state index contributed by atoms with van der Waals surface area (Å²) in [5, 5.41) is 3.07. The maximum absolute atomic E-state index is 12.6. The van der Waals surface area contributed by atoms with Gasteiger partial charge in [-0.25, -0.2) is 15.0 Å². The maximum atomic E-state index is 12.6. The van der Waals surface area contributed by atoms with E-state index in [0.717, 1.165) is 12.1 Å². The second-order valence-corrected chi connectivity index (χ2v) is 12.1. The molecule has 4 heterocycles. The fourth-order valence-corrected chi connectivity index (χ4v) is 5.44. The van der Waals surface area contributed by atoms with E-state index >= 15 is 0 Å². The number of carbonyl (C=O) groups is 1. The van der Waals surface area contributed by atoms with Crippen LogP contribution in [0.25, 0.3) is 11.2 Å². The van der Waals surface area contributed by atoms with Crippen molar-refractivity contribution in [3.63, 3.8) is 0 Å². The van der Waals surface area contributed by atoms with Crippen LogP contribution in [0, 0.1) is 0 Å². The van der Waals surface area contributed by atoms with Crippen LogP contribution < -0.4 is 11.1 Å². The van der Waals surface area contributed by atoms with Gasteiger partial charge < -0.3 is 25.3 Å². The molecule has 0 radical (unpaired) electrons. The fraction of sp³-hybridized carbons (Fsp3) is 0.586. The van der Waals surface area contributed by atoms with Crippen molar-refractivity contribution in [2.24, 2.45) is 0 Å². The number of rotatable bonds is 9. The second-order valence-electron chi connectivity index (χ2n) is 12.1. The van der Waals surface area contributed by atoms with Gasteiger partial charge in [-0.2, -0.15) is 0 Å². The summed E-state index contributed by atoms with van der Waals surface area (Å²) in [6.45, 7) is 15.1. The van der Waals surface area contributed by atoms with Gasteiger partial charge in [-0.1, -0.05) is 52.0 Å². The van der Waals surface area contributed by atoms with Crippen LogP contribution >= 0.6 is 0 Å². The minimum Gasteiger partial charge on any atom is -0.382 e. The largest absolute Gasteiger partial charge is 0.382 e. The smallest absolute Gasteiger partial charge is 0.224 e. The Morgan fingerprint density at radius 2 is 1.85 bits per heavy atom. The van der Waals surface area contributed by atoms with Gasteiger partial charge in [-0.3, -0.25) is 14.3 Å². The standard InChI is InChI=1S/C29H41N7O4/c1-7-35(13-12-31-21(37)14-18-8-10-19(11-9-18)28(2,3)4)15-20-23-24(40-29(5,6)39-23)27(38-20)36-17-34-22-25(30)32-16-33-26(22)36/h8-11,16-17,20,23-24,27H,7,12-15H2,1-6H3,(H,31,37)(H2,30,32,33)/t20-,23-,24-,27-/m1/s1. The Kier molecular flexibility index (Phi) is 7.84. The second kappa shape index (κ2) is 11.0. The molecule has 3 N–H and O–H groups in total. The van der Waals surface area contributed by atoms with Crippen molar-refractivity contribution < 1.29 is 19.0 Å². The van der Waals surface area contributed by atoms with Gasteiger partial charge in [0.15, 0.2) is 23.5 Å². The van der Waals surface area contributed by atoms with Crippen molar-refractivity contribution in [2.45, 2.75) is 83.7 Å². The lowest BCUT2D eigenvalue weighted by molar-refractivity contribution is -0.197. The normalized spacial score (nSPS) is 24.1. The summed E-state index contributed by atoms with van der Waals surface area (Å²) in [6.07, 6.45) is 2.13. The lowest BCUT2D eigenvalue weighted by Gasteiger charge is -2.28. The van der Waals surface area contributed by atoms with Crippen molar-refractivity contribution >= 4 is 22.9 Å². The Morgan fingerprint density at radius 3 is 2.55 bits per heavy atom. The SMILES string of the molecule is CCN(CCNC(=O)Cc1ccc(C(C)(C)C)cc1)C[C@H]1O[C@@H](n2cnc3c(N)ncnc32)[C@@H]2OC(C)(C)O[C@@H]21. The Labute approximate surface area is 235 Å². The molecule has 0 saturated carbocycles. The molecule has 0 aliphatic carbocycles. The van der Waals surface area contributed by atoms with Crippen LogP contribution in [0.4, 0.5) is 5.82 Å². The van der Waals surface area contributed by atoms with E-state index in [1.54, 1.807) is 6.33 Å². The van der Waals surface area contributed by atoms with Crippen LogP contribution in [0.15, 0.2) is 36.9 Å². The summed E-state index contributed by atoms with van der Waals surface area (Å²) < 4.78 is 21.0. The highest BCUT2D eigenvalue weighted by Gasteiger charge is 2.56. The Bertz CT molecular complexity index is 1330. The highest BCUT2D eigenvalue weighted by atomic mass is 16.8. The van der Waals surface area contributed by atoms with Gasteiger partial charge in [0.1, 0.15) is 30.2 Å². The Balaban J connectivity index is 1.19. The molecule has 11 heteroatoms. The highest BCUT2D eigenvalue weighted by molar-refractivity contribution is 5.81. The van der Waals surface area contributed by atoms with Crippen LogP contribution in [0.5, 0.6) is 0 Å². The van der Waals surface area contributed by atoms with Crippen molar-refractivity contribution in [1.29, 1.82) is 0 Å². The number of amides is 1. The molecule has 4 atom stereocenters. The molecule has 5 rings (SSSR count). The fourth-order valence-electron chi connectivity index (χ4n) is 5.44. The first kappa shape index (κ1) is 28.4. The van der Waals surface area contributed by atoms with Gasteiger partial charge >= 0.3 is 0 Å². The minimum atomic E-state index is -0.740. The predicted molar refractivity (Wildman–Crippen MR) is 151 cm³/mol. The first-order valence-corrected chi connectivity index (χ1v) is 14.0. The molecule has 0 spiro atoms. The zero-order valence-corrected chi connectivity index (χ0v) is 24.3. The number of nitrogens with one attached hydrogen (secondary N) is 1. The van der Waals surface area contributed by atoms with Crippen LogP contribution in [-0.4, -0.2) is 80.6 Å². The number of nitrogens with zero attached hydrogens (tertiary/aromatic N) is 5. The molecule has 216 valence electrons. The molecule has 2 aliphatic rings. The predicted octanol–water partition coefficient (Wildman–Crippen LogP) is 2.80. The van der Waals surface area contributed by atoms with Gasteiger partial charge in [0.2, 0.25) is 5.91 Å². The van der Waals surface area contributed by atoms with Crippen LogP contribution in [0.1, 0.15) is 58.9 Å². The van der Waals surface area contributed by atoms with E-state index in [9.17, 15) is 4.79 Å². The van der Waals surface area contributed by atoms with E-state index < -0.39 is 12.0 Å². The van der Waals surface area contributed by atoms with E-state index in [4.69, 9.17) is 19.9 Å². The maximum Gasteiger partial charge on any atom is 0.224 e. The summed E-state index contributed by atoms with van der Waals surface area (Å²) in [5.41, 5.74) is 9.48.